The summed E-state index contributed by atoms with van der Waals surface area (Å²) in [6, 6.07) is 16.6. The zero-order chi connectivity index (χ0) is 15.3. The molecule has 0 bridgehead atoms. The van der Waals surface area contributed by atoms with Gasteiger partial charge in [0.2, 0.25) is 0 Å². The van der Waals surface area contributed by atoms with Crippen LogP contribution in [0.3, 0.4) is 0 Å². The molecule has 2 aromatic rings. The first-order valence-corrected chi connectivity index (χ1v) is 7.09. The number of carbonyl (C=O) groups is 1. The van der Waals surface area contributed by atoms with Crippen LogP contribution in [0.5, 0.6) is 0 Å². The number of carbonyl (C=O) groups excluding carboxylic acids is 1. The van der Waals surface area contributed by atoms with Gasteiger partial charge in [-0.3, -0.25) is 9.69 Å². The van der Waals surface area contributed by atoms with Crippen molar-refractivity contribution in [3.05, 3.63) is 65.7 Å². The molecule has 1 aliphatic rings. The van der Waals surface area contributed by atoms with Crippen LogP contribution in [0.25, 0.3) is 0 Å². The topological polar surface area (TPSA) is 40.5 Å². The van der Waals surface area contributed by atoms with Gasteiger partial charge in [-0.25, -0.2) is 0 Å². The van der Waals surface area contributed by atoms with Crippen molar-refractivity contribution in [2.24, 2.45) is 5.41 Å². The Kier molecular flexibility index (Phi) is 2.92. The van der Waals surface area contributed by atoms with Gasteiger partial charge in [0.15, 0.2) is 5.72 Å². The molecule has 0 aliphatic carbocycles. The van der Waals surface area contributed by atoms with E-state index in [1.54, 1.807) is 6.07 Å². The highest BCUT2D eigenvalue weighted by Gasteiger charge is 2.55. The largest absolute Gasteiger partial charge is 0.366 e. The van der Waals surface area contributed by atoms with Crippen molar-refractivity contribution in [3.63, 3.8) is 0 Å². The van der Waals surface area contributed by atoms with Crippen molar-refractivity contribution in [2.75, 3.05) is 4.90 Å². The highest BCUT2D eigenvalue weighted by atomic mass is 16.3. The van der Waals surface area contributed by atoms with Crippen molar-refractivity contribution >= 4 is 11.6 Å². The van der Waals surface area contributed by atoms with Crippen LogP contribution in [0, 0.1) is 5.41 Å². The Labute approximate surface area is 124 Å². The Morgan fingerprint density at radius 1 is 0.952 bits per heavy atom. The van der Waals surface area contributed by atoms with Crippen LogP contribution in [0.2, 0.25) is 0 Å². The van der Waals surface area contributed by atoms with Crippen LogP contribution in [-0.2, 0) is 5.72 Å². The Morgan fingerprint density at radius 3 is 2.14 bits per heavy atom. The third-order valence-corrected chi connectivity index (χ3v) is 4.12. The van der Waals surface area contributed by atoms with E-state index in [0.717, 1.165) is 0 Å². The van der Waals surface area contributed by atoms with Crippen molar-refractivity contribution in [2.45, 2.75) is 26.5 Å². The maximum absolute atomic E-state index is 12.8. The van der Waals surface area contributed by atoms with Gasteiger partial charge in [-0.15, -0.1) is 0 Å². The number of hydrogen-bond acceptors (Lipinski definition) is 2. The number of rotatable bonds is 1. The molecule has 1 atom stereocenters. The maximum Gasteiger partial charge on any atom is 0.261 e. The Balaban J connectivity index is 2.28. The number of anilines is 1. The Morgan fingerprint density at radius 2 is 1.52 bits per heavy atom. The van der Waals surface area contributed by atoms with Crippen molar-refractivity contribution < 1.29 is 9.90 Å². The average Bonchev–Trinajstić information content (AvgIpc) is 2.70. The molecule has 0 saturated carbocycles. The smallest absolute Gasteiger partial charge is 0.261 e. The second kappa shape index (κ2) is 4.43. The standard InChI is InChI=1S/C18H19NO2/c1-17(2,3)18(21)15-12-8-7-11-14(15)16(20)19(18)13-9-5-4-6-10-13/h4-12,21H,1-3H3/t18-/m0/s1. The second-order valence-corrected chi connectivity index (χ2v) is 6.44. The van der Waals surface area contributed by atoms with Crippen LogP contribution in [0.15, 0.2) is 54.6 Å². The molecule has 21 heavy (non-hydrogen) atoms. The lowest BCUT2D eigenvalue weighted by Gasteiger charge is -2.44. The fraction of sp³-hybridized carbons (Fsp3) is 0.278. The Hall–Kier alpha value is -2.13. The number of hydrogen-bond donors (Lipinski definition) is 1. The summed E-state index contributed by atoms with van der Waals surface area (Å²) in [6.07, 6.45) is 0. The monoisotopic (exact) mass is 281 g/mol. The summed E-state index contributed by atoms with van der Waals surface area (Å²) in [7, 11) is 0. The molecule has 0 unspecified atom stereocenters. The maximum atomic E-state index is 12.8. The van der Waals surface area contributed by atoms with Crippen LogP contribution in [-0.4, -0.2) is 11.0 Å². The average molecular weight is 281 g/mol. The fourth-order valence-corrected chi connectivity index (χ4v) is 2.98. The minimum absolute atomic E-state index is 0.158. The molecule has 0 spiro atoms. The van der Waals surface area contributed by atoms with Crippen LogP contribution >= 0.6 is 0 Å². The first-order chi connectivity index (χ1) is 9.87. The van der Waals surface area contributed by atoms with Crippen LogP contribution in [0.1, 0.15) is 36.7 Å². The SMILES string of the molecule is CC(C)(C)[C@@]1(O)c2ccccc2C(=O)N1c1ccccc1. The molecule has 1 amide bonds. The van der Waals surface area contributed by atoms with Gasteiger partial charge in [-0.05, 0) is 18.2 Å². The predicted octanol–water partition coefficient (Wildman–Crippen LogP) is 3.54. The van der Waals surface area contributed by atoms with E-state index >= 15 is 0 Å². The third kappa shape index (κ3) is 1.81. The number of benzene rings is 2. The van der Waals surface area contributed by atoms with E-state index in [0.29, 0.717) is 16.8 Å². The van der Waals surface area contributed by atoms with E-state index < -0.39 is 11.1 Å². The lowest BCUT2D eigenvalue weighted by molar-refractivity contribution is -0.0553. The molecular formula is C18H19NO2. The fourth-order valence-electron chi connectivity index (χ4n) is 2.98. The summed E-state index contributed by atoms with van der Waals surface area (Å²) in [4.78, 5) is 14.3. The summed E-state index contributed by atoms with van der Waals surface area (Å²) in [6.45, 7) is 5.83. The van der Waals surface area contributed by atoms with Crippen molar-refractivity contribution in [3.8, 4) is 0 Å². The zero-order valence-corrected chi connectivity index (χ0v) is 12.5. The van der Waals surface area contributed by atoms with E-state index in [2.05, 4.69) is 0 Å². The van der Waals surface area contributed by atoms with Crippen LogP contribution in [0.4, 0.5) is 5.69 Å². The molecule has 3 heteroatoms. The molecule has 108 valence electrons. The number of nitrogens with zero attached hydrogens (tertiary/aromatic N) is 1. The number of para-hydroxylation sites is 1. The molecule has 0 saturated heterocycles. The minimum atomic E-state index is -1.36. The summed E-state index contributed by atoms with van der Waals surface area (Å²) in [5, 5.41) is 11.5. The lowest BCUT2D eigenvalue weighted by Crippen LogP contribution is -2.52. The van der Waals surface area contributed by atoms with Crippen molar-refractivity contribution in [1.82, 2.24) is 0 Å². The summed E-state index contributed by atoms with van der Waals surface area (Å²) in [5.74, 6) is -0.158. The predicted molar refractivity (Wildman–Crippen MR) is 83.0 cm³/mol. The lowest BCUT2D eigenvalue weighted by atomic mass is 9.78. The Bertz CT molecular complexity index is 688. The zero-order valence-electron chi connectivity index (χ0n) is 12.5. The molecule has 1 N–H and O–H groups in total. The van der Waals surface area contributed by atoms with Gasteiger partial charge in [-0.2, -0.15) is 0 Å². The van der Waals surface area contributed by atoms with E-state index in [1.807, 2.05) is 69.3 Å². The first-order valence-electron chi connectivity index (χ1n) is 7.09. The summed E-state index contributed by atoms with van der Waals surface area (Å²) >= 11 is 0. The van der Waals surface area contributed by atoms with Gasteiger partial charge in [0.05, 0.1) is 0 Å². The summed E-state index contributed by atoms with van der Waals surface area (Å²) in [5.41, 5.74) is 0.0638. The molecule has 0 fully saturated rings. The van der Waals surface area contributed by atoms with Gasteiger partial charge in [0.25, 0.3) is 5.91 Å². The summed E-state index contributed by atoms with van der Waals surface area (Å²) < 4.78 is 0. The normalized spacial score (nSPS) is 21.5. The molecule has 0 radical (unpaired) electrons. The van der Waals surface area contributed by atoms with Gasteiger partial charge < -0.3 is 5.11 Å². The molecule has 3 nitrogen and oxygen atoms in total. The van der Waals surface area contributed by atoms with E-state index in [1.165, 1.54) is 4.90 Å². The highest BCUT2D eigenvalue weighted by Crippen LogP contribution is 2.50. The number of aliphatic hydroxyl groups is 1. The van der Waals surface area contributed by atoms with E-state index in [4.69, 9.17) is 0 Å². The van der Waals surface area contributed by atoms with Gasteiger partial charge in [0, 0.05) is 22.2 Å². The quantitative estimate of drug-likeness (QED) is 0.868. The number of amides is 1. The van der Waals surface area contributed by atoms with E-state index in [-0.39, 0.29) is 5.91 Å². The van der Waals surface area contributed by atoms with Gasteiger partial charge in [0.1, 0.15) is 0 Å². The minimum Gasteiger partial charge on any atom is -0.366 e. The van der Waals surface area contributed by atoms with E-state index in [9.17, 15) is 9.90 Å². The first kappa shape index (κ1) is 13.8. The second-order valence-electron chi connectivity index (χ2n) is 6.44. The molecule has 2 aromatic carbocycles. The van der Waals surface area contributed by atoms with Crippen molar-refractivity contribution in [1.29, 1.82) is 0 Å². The third-order valence-electron chi connectivity index (χ3n) is 4.12. The van der Waals surface area contributed by atoms with Gasteiger partial charge in [-0.1, -0.05) is 57.2 Å². The number of fused-ring (bicyclic) bond motifs is 1. The van der Waals surface area contributed by atoms with Gasteiger partial charge >= 0.3 is 0 Å². The molecule has 1 aliphatic heterocycles. The molecular weight excluding hydrogens is 262 g/mol. The molecule has 1 heterocycles. The molecule has 0 aromatic heterocycles. The highest BCUT2D eigenvalue weighted by molar-refractivity contribution is 6.11. The molecule has 3 rings (SSSR count). The van der Waals surface area contributed by atoms with Crippen LogP contribution < -0.4 is 4.90 Å².